The van der Waals surface area contributed by atoms with Gasteiger partial charge in [-0.2, -0.15) is 0 Å². The molecule has 0 spiro atoms. The van der Waals surface area contributed by atoms with E-state index in [0.717, 1.165) is 25.5 Å². The van der Waals surface area contributed by atoms with E-state index < -0.39 is 11.9 Å². The van der Waals surface area contributed by atoms with Crippen molar-refractivity contribution in [3.05, 3.63) is 23.8 Å². The van der Waals surface area contributed by atoms with Crippen molar-refractivity contribution < 1.29 is 29.2 Å². The lowest BCUT2D eigenvalue weighted by molar-refractivity contribution is -0.143. The molecule has 1 atom stereocenters. The Morgan fingerprint density at radius 2 is 1.95 bits per heavy atom. The number of rotatable bonds is 2. The molecule has 0 amide bonds. The predicted octanol–water partition coefficient (Wildman–Crippen LogP) is 0.547. The van der Waals surface area contributed by atoms with Gasteiger partial charge in [-0.25, -0.2) is 0 Å². The van der Waals surface area contributed by atoms with E-state index >= 15 is 0 Å². The second-order valence-corrected chi connectivity index (χ2v) is 4.28. The highest BCUT2D eigenvalue weighted by atomic mass is 16.8. The van der Waals surface area contributed by atoms with Crippen LogP contribution in [0.15, 0.2) is 18.2 Å². The van der Waals surface area contributed by atoms with Crippen LogP contribution in [0.5, 0.6) is 11.5 Å². The van der Waals surface area contributed by atoms with Gasteiger partial charge in [-0.1, -0.05) is 6.07 Å². The molecule has 19 heavy (non-hydrogen) atoms. The maximum absolute atomic E-state index is 11.7. The molecule has 0 radical (unpaired) electrons. The van der Waals surface area contributed by atoms with Gasteiger partial charge in [0, 0.05) is 7.11 Å². The third-order valence-electron chi connectivity index (χ3n) is 3.28. The summed E-state index contributed by atoms with van der Waals surface area (Å²) in [6.07, 6.45) is 1.56. The van der Waals surface area contributed by atoms with Crippen LogP contribution >= 0.6 is 0 Å². The van der Waals surface area contributed by atoms with Crippen LogP contribution in [0.3, 0.4) is 0 Å². The van der Waals surface area contributed by atoms with Gasteiger partial charge in [0.2, 0.25) is 0 Å². The average Bonchev–Trinajstić information content (AvgIpc) is 3.16. The predicted molar refractivity (Wildman–Crippen MR) is 64.8 cm³/mol. The molecule has 0 saturated heterocycles. The molecule has 0 aromatic heterocycles. The first kappa shape index (κ1) is 13.6. The molecule has 2 aliphatic rings. The van der Waals surface area contributed by atoms with E-state index in [9.17, 15) is 9.90 Å². The van der Waals surface area contributed by atoms with E-state index in [-0.39, 0.29) is 5.97 Å². The zero-order chi connectivity index (χ0) is 14.0. The Morgan fingerprint density at radius 3 is 2.53 bits per heavy atom. The molecule has 1 aliphatic heterocycles. The number of aliphatic hydroxyl groups excluding tert-OH is 2. The summed E-state index contributed by atoms with van der Waals surface area (Å²) in [6.45, 7) is -1.26. The first-order valence-corrected chi connectivity index (χ1v) is 5.85. The van der Waals surface area contributed by atoms with Crippen LogP contribution < -0.4 is 9.47 Å². The quantitative estimate of drug-likeness (QED) is 0.762. The third-order valence-corrected chi connectivity index (χ3v) is 3.28. The molecule has 1 unspecified atom stereocenters. The molecule has 104 valence electrons. The van der Waals surface area contributed by atoms with E-state index in [1.807, 2.05) is 6.07 Å². The van der Waals surface area contributed by atoms with Crippen molar-refractivity contribution in [1.29, 1.82) is 0 Å². The van der Waals surface area contributed by atoms with Crippen molar-refractivity contribution in [2.45, 2.75) is 24.7 Å². The summed E-state index contributed by atoms with van der Waals surface area (Å²) in [5.41, 5.74) is 0.321. The topological polar surface area (TPSA) is 85.2 Å². The lowest BCUT2D eigenvalue weighted by atomic mass is 9.96. The number of carbonyl (C=O) groups excluding carboxylic acids is 1. The minimum absolute atomic E-state index is 0.225. The molecule has 1 saturated carbocycles. The summed E-state index contributed by atoms with van der Waals surface area (Å²) in [6, 6.07) is 5.24. The van der Waals surface area contributed by atoms with Crippen LogP contribution in [0.25, 0.3) is 0 Å². The van der Waals surface area contributed by atoms with Gasteiger partial charge in [-0.15, -0.1) is 0 Å². The van der Waals surface area contributed by atoms with Gasteiger partial charge in [0.15, 0.2) is 11.5 Å². The van der Waals surface area contributed by atoms with Crippen LogP contribution in [-0.4, -0.2) is 36.9 Å². The lowest BCUT2D eigenvalue weighted by Crippen LogP contribution is -2.21. The van der Waals surface area contributed by atoms with Crippen LogP contribution in [0.4, 0.5) is 0 Å². The second-order valence-electron chi connectivity index (χ2n) is 4.28. The van der Waals surface area contributed by atoms with Crippen LogP contribution in [0.1, 0.15) is 18.4 Å². The molecule has 1 aromatic carbocycles. The lowest BCUT2D eigenvalue weighted by Gasteiger charge is -2.13. The molecule has 3 rings (SSSR count). The zero-order valence-electron chi connectivity index (χ0n) is 10.8. The largest absolute Gasteiger partial charge is 0.468 e. The van der Waals surface area contributed by atoms with Crippen LogP contribution in [-0.2, 0) is 14.9 Å². The maximum atomic E-state index is 11.7. The number of carbonyl (C=O) groups is 1. The Kier molecular flexibility index (Phi) is 3.64. The minimum Gasteiger partial charge on any atom is -0.468 e. The van der Waals surface area contributed by atoms with Crippen molar-refractivity contribution in [1.82, 2.24) is 0 Å². The third kappa shape index (κ3) is 2.24. The number of hydrogen-bond donors (Lipinski definition) is 2. The number of esters is 1. The van der Waals surface area contributed by atoms with Gasteiger partial charge in [-0.05, 0) is 30.5 Å². The fourth-order valence-electron chi connectivity index (χ4n) is 2.17. The molecule has 1 aromatic rings. The monoisotopic (exact) mass is 268 g/mol. The van der Waals surface area contributed by atoms with Gasteiger partial charge in [0.05, 0.1) is 12.5 Å². The second kappa shape index (κ2) is 5.07. The van der Waals surface area contributed by atoms with E-state index in [4.69, 9.17) is 19.3 Å². The van der Waals surface area contributed by atoms with Crippen molar-refractivity contribution in [2.24, 2.45) is 0 Å². The summed E-state index contributed by atoms with van der Waals surface area (Å²) >= 11 is 0. The summed E-state index contributed by atoms with van der Waals surface area (Å²) in [4.78, 5) is 11.7. The standard InChI is InChI=1S/C12H12O5.CH4O/c1-15-10(13)12(4-5-12)7-2-3-8-9(6-7)17-11(14)16-8;1-2/h2-3,6,11,14H,4-5H2,1H3;2H,1H3. The van der Waals surface area contributed by atoms with Gasteiger partial charge in [-0.3, -0.25) is 4.79 Å². The fraction of sp³-hybridized carbons (Fsp3) is 0.462. The highest BCUT2D eigenvalue weighted by molar-refractivity contribution is 5.86. The number of ether oxygens (including phenoxy) is 3. The summed E-state index contributed by atoms with van der Waals surface area (Å²) in [5, 5.41) is 16.2. The van der Waals surface area contributed by atoms with Crippen molar-refractivity contribution in [2.75, 3.05) is 14.2 Å². The molecule has 1 fully saturated rings. The van der Waals surface area contributed by atoms with Crippen LogP contribution in [0.2, 0.25) is 0 Å². The first-order chi connectivity index (χ1) is 9.15. The van der Waals surface area contributed by atoms with Gasteiger partial charge < -0.3 is 24.4 Å². The molecule has 1 heterocycles. The van der Waals surface area contributed by atoms with Gasteiger partial charge >= 0.3 is 12.4 Å². The highest BCUT2D eigenvalue weighted by Crippen LogP contribution is 2.51. The summed E-state index contributed by atoms with van der Waals surface area (Å²) < 4.78 is 14.9. The number of methoxy groups -OCH3 is 1. The minimum atomic E-state index is -1.26. The Balaban J connectivity index is 0.000000637. The van der Waals surface area contributed by atoms with Crippen molar-refractivity contribution in [3.63, 3.8) is 0 Å². The molecule has 6 nitrogen and oxygen atoms in total. The average molecular weight is 268 g/mol. The number of hydrogen-bond acceptors (Lipinski definition) is 6. The molecule has 2 N–H and O–H groups in total. The van der Waals surface area contributed by atoms with E-state index in [1.54, 1.807) is 12.1 Å². The van der Waals surface area contributed by atoms with E-state index in [0.29, 0.717) is 11.5 Å². The Bertz CT molecular complexity index is 480. The van der Waals surface area contributed by atoms with Gasteiger partial charge in [0.25, 0.3) is 0 Å². The molecular weight excluding hydrogens is 252 g/mol. The van der Waals surface area contributed by atoms with Crippen molar-refractivity contribution in [3.8, 4) is 11.5 Å². The maximum Gasteiger partial charge on any atom is 0.358 e. The van der Waals surface area contributed by atoms with E-state index in [2.05, 4.69) is 0 Å². The number of benzene rings is 1. The number of fused-ring (bicyclic) bond motifs is 1. The smallest absolute Gasteiger partial charge is 0.358 e. The SMILES string of the molecule is CO.COC(=O)C1(c2ccc3c(c2)OC(O)O3)CC1. The Morgan fingerprint density at radius 1 is 1.32 bits per heavy atom. The highest BCUT2D eigenvalue weighted by Gasteiger charge is 2.53. The summed E-state index contributed by atoms with van der Waals surface area (Å²) in [7, 11) is 2.39. The van der Waals surface area contributed by atoms with Crippen molar-refractivity contribution >= 4 is 5.97 Å². The Labute approximate surface area is 110 Å². The fourth-order valence-corrected chi connectivity index (χ4v) is 2.17. The zero-order valence-corrected chi connectivity index (χ0v) is 10.8. The van der Waals surface area contributed by atoms with Crippen LogP contribution in [0, 0.1) is 0 Å². The van der Waals surface area contributed by atoms with E-state index in [1.165, 1.54) is 7.11 Å². The normalized spacial score (nSPS) is 21.2. The molecular formula is C13H16O6. The number of aliphatic hydroxyl groups is 2. The Hall–Kier alpha value is -1.79. The molecule has 6 heteroatoms. The molecule has 0 bridgehead atoms. The molecule has 1 aliphatic carbocycles. The first-order valence-electron chi connectivity index (χ1n) is 5.85. The van der Waals surface area contributed by atoms with Gasteiger partial charge in [0.1, 0.15) is 0 Å². The summed E-state index contributed by atoms with van der Waals surface area (Å²) in [5.74, 6) is 0.726.